The molecule has 3 aromatic rings. The van der Waals surface area contributed by atoms with Gasteiger partial charge in [0.1, 0.15) is 28.8 Å². The summed E-state index contributed by atoms with van der Waals surface area (Å²) in [5, 5.41) is 6.13. The number of rotatable bonds is 13. The Kier molecular flexibility index (Phi) is 14.1. The van der Waals surface area contributed by atoms with Crippen LogP contribution in [0.1, 0.15) is 89.8 Å². The van der Waals surface area contributed by atoms with Gasteiger partial charge in [0, 0.05) is 44.2 Å². The maximum absolute atomic E-state index is 14.1. The third kappa shape index (κ3) is 12.8. The van der Waals surface area contributed by atoms with Crippen molar-refractivity contribution in [2.45, 2.75) is 91.0 Å². The van der Waals surface area contributed by atoms with Gasteiger partial charge in [-0.15, -0.1) is 0 Å². The fourth-order valence-electron chi connectivity index (χ4n) is 5.71. The van der Waals surface area contributed by atoms with Crippen molar-refractivity contribution in [1.29, 1.82) is 0 Å². The van der Waals surface area contributed by atoms with E-state index in [-0.39, 0.29) is 69.4 Å². The molecule has 1 saturated heterocycles. The van der Waals surface area contributed by atoms with Crippen LogP contribution < -0.4 is 10.6 Å². The van der Waals surface area contributed by atoms with Crippen LogP contribution in [0.3, 0.4) is 0 Å². The van der Waals surface area contributed by atoms with Gasteiger partial charge in [-0.1, -0.05) is 60.7 Å². The number of nitrogens with one attached hydrogen (secondary N) is 2. The number of hydrogen-bond acceptors (Lipinski definition) is 11. The first-order chi connectivity index (χ1) is 25.5. The van der Waals surface area contributed by atoms with Crippen molar-refractivity contribution < 1.29 is 38.2 Å². The molecule has 14 heteroatoms. The number of aromatic nitrogens is 2. The molecule has 2 N–H and O–H groups in total. The van der Waals surface area contributed by atoms with Gasteiger partial charge in [-0.05, 0) is 60.5 Å². The zero-order valence-electron chi connectivity index (χ0n) is 32.2. The van der Waals surface area contributed by atoms with Crippen molar-refractivity contribution in [3.05, 3.63) is 78.0 Å². The smallest absolute Gasteiger partial charge is 0.409 e. The molecule has 1 fully saturated rings. The number of nitrogens with zero attached hydrogens (tertiary/aromatic N) is 4. The average Bonchev–Trinajstić information content (AvgIpc) is 3.12. The largest absolute Gasteiger partial charge is 0.460 e. The Morgan fingerprint density at radius 1 is 0.778 bits per heavy atom. The Hall–Kier alpha value is -5.53. The van der Waals surface area contributed by atoms with Crippen molar-refractivity contribution in [1.82, 2.24) is 25.1 Å². The quantitative estimate of drug-likeness (QED) is 0.166. The molecule has 0 radical (unpaired) electrons. The third-order valence-electron chi connectivity index (χ3n) is 8.08. The zero-order valence-corrected chi connectivity index (χ0v) is 32.2. The van der Waals surface area contributed by atoms with E-state index in [0.717, 1.165) is 5.56 Å². The van der Waals surface area contributed by atoms with Gasteiger partial charge in [-0.3, -0.25) is 19.2 Å². The van der Waals surface area contributed by atoms with Gasteiger partial charge in [-0.2, -0.15) is 0 Å². The number of piperazine rings is 1. The lowest BCUT2D eigenvalue weighted by molar-refractivity contribution is -0.156. The van der Waals surface area contributed by atoms with Crippen LogP contribution in [0.25, 0.3) is 11.4 Å². The molecule has 1 aromatic heterocycles. The van der Waals surface area contributed by atoms with Gasteiger partial charge in [-0.25, -0.2) is 14.8 Å². The predicted molar refractivity (Wildman–Crippen MR) is 202 cm³/mol. The minimum absolute atomic E-state index is 0.0296. The number of benzene rings is 2. The van der Waals surface area contributed by atoms with Crippen LogP contribution in [0.5, 0.6) is 0 Å². The first-order valence-electron chi connectivity index (χ1n) is 18.2. The summed E-state index contributed by atoms with van der Waals surface area (Å²) in [4.78, 5) is 78.5. The number of esters is 2. The van der Waals surface area contributed by atoms with E-state index >= 15 is 0 Å². The van der Waals surface area contributed by atoms with Gasteiger partial charge >= 0.3 is 18.0 Å². The van der Waals surface area contributed by atoms with Gasteiger partial charge in [0.15, 0.2) is 5.82 Å². The van der Waals surface area contributed by atoms with Crippen molar-refractivity contribution in [3.63, 3.8) is 0 Å². The number of carbonyl (C=O) groups excluding carboxylic acids is 5. The lowest BCUT2D eigenvalue weighted by Gasteiger charge is -2.36. The zero-order chi connectivity index (χ0) is 39.5. The highest BCUT2D eigenvalue weighted by atomic mass is 16.6. The highest BCUT2D eigenvalue weighted by molar-refractivity contribution is 5.97. The summed E-state index contributed by atoms with van der Waals surface area (Å²) in [6.45, 7) is 13.5. The second-order valence-electron chi connectivity index (χ2n) is 14.9. The number of carbonyl (C=O) groups is 5. The summed E-state index contributed by atoms with van der Waals surface area (Å²) in [6.07, 6.45) is -0.655. The molecule has 1 unspecified atom stereocenters. The monoisotopic (exact) mass is 744 g/mol. The van der Waals surface area contributed by atoms with Crippen LogP contribution in [0, 0.1) is 0 Å². The molecule has 2 heterocycles. The predicted octanol–water partition coefficient (Wildman–Crippen LogP) is 5.55. The summed E-state index contributed by atoms with van der Waals surface area (Å²) in [6, 6.07) is 18.2. The minimum atomic E-state index is -1.12. The van der Waals surface area contributed by atoms with E-state index < -0.39 is 53.1 Å². The van der Waals surface area contributed by atoms with Gasteiger partial charge in [0.2, 0.25) is 5.91 Å². The Morgan fingerprint density at radius 2 is 1.35 bits per heavy atom. The molecule has 290 valence electrons. The summed E-state index contributed by atoms with van der Waals surface area (Å²) >= 11 is 0. The summed E-state index contributed by atoms with van der Waals surface area (Å²) in [7, 11) is 0. The van der Waals surface area contributed by atoms with E-state index in [2.05, 4.69) is 15.6 Å². The SMILES string of the molecule is CCOC(=O)N1CCN(C(=O)C(CCC(=O)OC(C)(C)C)NC(=O)c2cc(N[C@@H](CC(=O)OC(C)(C)C)c3ccccc3)nc(-c3ccccc3)n2)CC1. The van der Waals surface area contributed by atoms with Crippen LogP contribution in [-0.2, 0) is 28.6 Å². The van der Waals surface area contributed by atoms with Gasteiger partial charge in [0.25, 0.3) is 5.91 Å². The first kappa shape index (κ1) is 41.2. The molecule has 14 nitrogen and oxygen atoms in total. The van der Waals surface area contributed by atoms with Crippen LogP contribution in [0.2, 0.25) is 0 Å². The molecule has 0 aliphatic carbocycles. The first-order valence-corrected chi connectivity index (χ1v) is 18.2. The van der Waals surface area contributed by atoms with Crippen LogP contribution in [-0.4, -0.2) is 99.6 Å². The van der Waals surface area contributed by atoms with Crippen molar-refractivity contribution in [2.24, 2.45) is 0 Å². The molecule has 3 amide bonds. The molecule has 1 aliphatic heterocycles. The molecular weight excluding hydrogens is 692 g/mol. The van der Waals surface area contributed by atoms with Gasteiger partial charge in [0.05, 0.1) is 19.1 Å². The lowest BCUT2D eigenvalue weighted by atomic mass is 10.0. The molecule has 0 bridgehead atoms. The number of hydrogen-bond donors (Lipinski definition) is 2. The van der Waals surface area contributed by atoms with E-state index in [4.69, 9.17) is 19.2 Å². The number of ether oxygens (including phenoxy) is 3. The van der Waals surface area contributed by atoms with E-state index in [9.17, 15) is 24.0 Å². The molecule has 54 heavy (non-hydrogen) atoms. The fourth-order valence-corrected chi connectivity index (χ4v) is 5.71. The Morgan fingerprint density at radius 3 is 1.94 bits per heavy atom. The Bertz CT molecular complexity index is 1750. The maximum atomic E-state index is 14.1. The second kappa shape index (κ2) is 18.5. The highest BCUT2D eigenvalue weighted by Crippen LogP contribution is 2.26. The van der Waals surface area contributed by atoms with Crippen LogP contribution in [0.4, 0.5) is 10.6 Å². The van der Waals surface area contributed by atoms with Crippen molar-refractivity contribution >= 4 is 35.7 Å². The molecular formula is C40H52N6O8. The lowest BCUT2D eigenvalue weighted by Crippen LogP contribution is -2.56. The summed E-state index contributed by atoms with van der Waals surface area (Å²) < 4.78 is 16.2. The number of anilines is 1. The van der Waals surface area contributed by atoms with E-state index in [1.165, 1.54) is 11.0 Å². The maximum Gasteiger partial charge on any atom is 0.409 e. The van der Waals surface area contributed by atoms with Crippen LogP contribution in [0.15, 0.2) is 66.7 Å². The molecule has 2 aromatic carbocycles. The Balaban J connectivity index is 1.64. The minimum Gasteiger partial charge on any atom is -0.460 e. The highest BCUT2D eigenvalue weighted by Gasteiger charge is 2.32. The summed E-state index contributed by atoms with van der Waals surface area (Å²) in [5.41, 5.74) is -0.0358. The molecule has 0 saturated carbocycles. The van der Waals surface area contributed by atoms with E-state index in [0.29, 0.717) is 5.56 Å². The normalized spacial score (nSPS) is 14.4. The third-order valence-corrected chi connectivity index (χ3v) is 8.08. The standard InChI is InChI=1S/C40H52N6O8/c1-8-52-38(51)46-23-21-45(22-24-46)37(50)29(19-20-33(47)53-39(2,3)4)43-36(49)31-25-32(44-35(42-31)28-17-13-10-14-18-28)41-30(27-15-11-9-12-16-27)26-34(48)54-40(5,6)7/h9-18,25,29-30H,8,19-24,26H2,1-7H3,(H,43,49)(H,41,42,44)/t29?,30-/m0/s1. The average molecular weight is 745 g/mol. The molecule has 1 aliphatic rings. The summed E-state index contributed by atoms with van der Waals surface area (Å²) in [5.74, 6) is -1.52. The Labute approximate surface area is 317 Å². The van der Waals surface area contributed by atoms with Crippen LogP contribution >= 0.6 is 0 Å². The molecule has 2 atom stereocenters. The topological polar surface area (TPSA) is 169 Å². The molecule has 0 spiro atoms. The second-order valence-corrected chi connectivity index (χ2v) is 14.9. The van der Waals surface area contributed by atoms with E-state index in [1.54, 1.807) is 65.5 Å². The van der Waals surface area contributed by atoms with E-state index in [1.807, 2.05) is 48.5 Å². The van der Waals surface area contributed by atoms with Crippen molar-refractivity contribution in [2.75, 3.05) is 38.1 Å². The van der Waals surface area contributed by atoms with Gasteiger partial charge < -0.3 is 34.6 Å². The van der Waals surface area contributed by atoms with Crippen molar-refractivity contribution in [3.8, 4) is 11.4 Å². The number of amides is 3. The fraction of sp³-hybridized carbons (Fsp3) is 0.475. The molecule has 4 rings (SSSR count).